The number of nitrogens with one attached hydrogen (secondary N) is 1. The molecule has 6 atom stereocenters. The van der Waals surface area contributed by atoms with Crippen LogP contribution in [0.25, 0.3) is 0 Å². The van der Waals surface area contributed by atoms with Crippen LogP contribution in [0.1, 0.15) is 66.4 Å². The molecular weight excluding hydrogens is 667 g/mol. The topological polar surface area (TPSA) is 224 Å². The van der Waals surface area contributed by atoms with E-state index in [4.69, 9.17) is 23.3 Å². The molecule has 1 fully saturated rings. The molecule has 5 N–H and O–H groups in total. The lowest BCUT2D eigenvalue weighted by Crippen LogP contribution is -2.38. The number of pyridine rings is 2. The Bertz CT molecular complexity index is 1750. The van der Waals surface area contributed by atoms with Gasteiger partial charge in [-0.3, -0.25) is 23.7 Å². The number of aliphatic hydroxyl groups excluding tert-OH is 3. The Balaban J connectivity index is 1.16. The number of carbonyl (C=O) groups excluding carboxylic acids is 1. The van der Waals surface area contributed by atoms with Gasteiger partial charge < -0.3 is 34.4 Å². The summed E-state index contributed by atoms with van der Waals surface area (Å²) in [4.78, 5) is 47.4. The van der Waals surface area contributed by atoms with Crippen LogP contribution in [0, 0.1) is 6.92 Å². The highest BCUT2D eigenvalue weighted by molar-refractivity contribution is 7.47. The second-order valence-corrected chi connectivity index (χ2v) is 13.0. The van der Waals surface area contributed by atoms with Crippen LogP contribution in [-0.2, 0) is 32.4 Å². The van der Waals surface area contributed by atoms with Gasteiger partial charge in [0.05, 0.1) is 19.8 Å². The lowest BCUT2D eigenvalue weighted by Gasteiger charge is -2.19. The van der Waals surface area contributed by atoms with Crippen LogP contribution in [-0.4, -0.2) is 74.2 Å². The van der Waals surface area contributed by atoms with Crippen molar-refractivity contribution in [3.8, 4) is 11.5 Å². The average Bonchev–Trinajstić information content (AvgIpc) is 3.33. The summed E-state index contributed by atoms with van der Waals surface area (Å²) in [6.07, 6.45) is 1.93. The monoisotopic (exact) mass is 710 g/mol. The predicted octanol–water partition coefficient (Wildman–Crippen LogP) is 0.159. The number of aryl methyl sites for hydroxylation is 3. The molecule has 0 spiro atoms. The number of aromatic amines is 1. The van der Waals surface area contributed by atoms with E-state index in [1.54, 1.807) is 43.2 Å². The Kier molecular flexibility index (Phi) is 13.4. The maximum Gasteiger partial charge on any atom is 0.475 e. The minimum atomic E-state index is -4.92. The highest BCUT2D eigenvalue weighted by Gasteiger charge is 2.45. The van der Waals surface area contributed by atoms with E-state index in [0.717, 1.165) is 49.2 Å². The van der Waals surface area contributed by atoms with Crippen molar-refractivity contribution >= 4 is 14.1 Å². The first-order valence-electron chi connectivity index (χ1n) is 15.7. The van der Waals surface area contributed by atoms with E-state index in [9.17, 15) is 39.2 Å². The zero-order chi connectivity index (χ0) is 35.7. The van der Waals surface area contributed by atoms with Crippen LogP contribution in [0.15, 0.2) is 52.4 Å². The fourth-order valence-electron chi connectivity index (χ4n) is 5.15. The number of rotatable bonds is 18. The fourth-order valence-corrected chi connectivity index (χ4v) is 5.91. The number of unbranched alkanes of at least 4 members (excludes halogenated alkanes) is 4. The Morgan fingerprint density at radius 2 is 1.73 bits per heavy atom. The maximum absolute atomic E-state index is 12.6. The molecule has 1 saturated heterocycles. The first kappa shape index (κ1) is 38.0. The van der Waals surface area contributed by atoms with Gasteiger partial charge in [-0.25, -0.2) is 13.9 Å². The number of H-pyrrole nitrogens is 1. The molecule has 4 heterocycles. The zero-order valence-electron chi connectivity index (χ0n) is 27.4. The summed E-state index contributed by atoms with van der Waals surface area (Å²) in [5, 5.41) is 31.3. The number of aromatic nitrogens is 4. The molecule has 4 rings (SSSR count). The number of aldehydes is 1. The van der Waals surface area contributed by atoms with E-state index < -0.39 is 56.5 Å². The minimum absolute atomic E-state index is 0.109. The minimum Gasteiger partial charge on any atom is -0.487 e. The molecule has 0 amide bonds. The number of carbonyl (C=O) groups is 1. The molecule has 0 radical (unpaired) electrons. The third-order valence-electron chi connectivity index (χ3n) is 7.91. The van der Waals surface area contributed by atoms with Gasteiger partial charge in [0.25, 0.3) is 17.5 Å². The van der Waals surface area contributed by atoms with Gasteiger partial charge in [0.1, 0.15) is 32.4 Å². The van der Waals surface area contributed by atoms with Crippen molar-refractivity contribution < 1.29 is 62.0 Å². The van der Waals surface area contributed by atoms with Crippen LogP contribution < -0.4 is 29.9 Å². The second kappa shape index (κ2) is 17.2. The average molecular weight is 711 g/mol. The van der Waals surface area contributed by atoms with Crippen molar-refractivity contribution in [1.29, 1.82) is 0 Å². The third-order valence-corrected chi connectivity index (χ3v) is 8.85. The molecule has 3 aromatic rings. The van der Waals surface area contributed by atoms with Crippen LogP contribution in [0.5, 0.6) is 11.5 Å². The lowest BCUT2D eigenvalue weighted by molar-refractivity contribution is -0.686. The van der Waals surface area contributed by atoms with Crippen molar-refractivity contribution in [2.45, 2.75) is 69.9 Å². The van der Waals surface area contributed by atoms with Gasteiger partial charge in [-0.05, 0) is 31.9 Å². The van der Waals surface area contributed by atoms with Gasteiger partial charge in [-0.1, -0.05) is 19.3 Å². The molecule has 17 nitrogen and oxygen atoms in total. The van der Waals surface area contributed by atoms with Crippen LogP contribution in [0.4, 0.5) is 0 Å². The van der Waals surface area contributed by atoms with Gasteiger partial charge in [0.2, 0.25) is 18.2 Å². The molecule has 3 aromatic heterocycles. The van der Waals surface area contributed by atoms with Crippen molar-refractivity contribution in [1.82, 2.24) is 9.55 Å². The van der Waals surface area contributed by atoms with E-state index in [-0.39, 0.29) is 11.3 Å². The van der Waals surface area contributed by atoms with Gasteiger partial charge in [0.15, 0.2) is 23.9 Å². The molecule has 0 bridgehead atoms. The standard InChI is InChI=1S/C31H41N4O13P/c1-20-16-35(31(41)32-28(20)39)29-27(38)26(37)25(47-29)19-46-49(42,43)48-30(40)22-12-11-21(17-34(22)3)44-14-7-5-4-6-8-15-45-24-10-9-13-33(2)23(24)18-36/h9-13,16-18,25-27,29-30,37-38,40H,4-8,14-15,19H2,1-3H3/p+2/t25-,26-,27-,29-,30?/m1/s1. The molecule has 18 heteroatoms. The largest absolute Gasteiger partial charge is 0.487 e. The molecule has 0 aromatic carbocycles. The van der Waals surface area contributed by atoms with Gasteiger partial charge >= 0.3 is 13.5 Å². The van der Waals surface area contributed by atoms with E-state index in [2.05, 4.69) is 4.98 Å². The molecule has 1 aliphatic rings. The number of ether oxygens (including phenoxy) is 3. The van der Waals surface area contributed by atoms with Gasteiger partial charge in [0, 0.05) is 23.9 Å². The predicted molar refractivity (Wildman–Crippen MR) is 169 cm³/mol. The Labute approximate surface area is 281 Å². The van der Waals surface area contributed by atoms with Crippen molar-refractivity contribution in [2.75, 3.05) is 19.8 Å². The number of phosphoric ester groups is 1. The second-order valence-electron chi connectivity index (χ2n) is 11.6. The first-order valence-corrected chi connectivity index (χ1v) is 17.2. The van der Waals surface area contributed by atoms with E-state index in [1.165, 1.54) is 17.6 Å². The van der Waals surface area contributed by atoms with Crippen LogP contribution in [0.3, 0.4) is 0 Å². The smallest absolute Gasteiger partial charge is 0.475 e. The van der Waals surface area contributed by atoms with E-state index >= 15 is 0 Å². The van der Waals surface area contributed by atoms with Crippen molar-refractivity contribution in [2.24, 2.45) is 14.1 Å². The molecule has 0 saturated carbocycles. The van der Waals surface area contributed by atoms with Gasteiger partial charge in [-0.15, -0.1) is 0 Å². The molecule has 49 heavy (non-hydrogen) atoms. The first-order chi connectivity index (χ1) is 23.3. The molecule has 1 aliphatic heterocycles. The Morgan fingerprint density at radius 1 is 1.04 bits per heavy atom. The van der Waals surface area contributed by atoms with E-state index in [0.29, 0.717) is 30.4 Å². The molecule has 268 valence electrons. The SMILES string of the molecule is Cc1cn([C@@H]2O[C@H](COP(=O)(O)OC(O)c3ccc(OCCCCCCCOc4ccc[n+](C)c4C=O)c[n+]3C)[C@@H](O)[C@H]2O)c(=O)[nH]c1=O. The Morgan fingerprint density at radius 3 is 2.43 bits per heavy atom. The highest BCUT2D eigenvalue weighted by atomic mass is 31.2. The number of hydrogen-bond donors (Lipinski definition) is 5. The van der Waals surface area contributed by atoms with Crippen LogP contribution >= 0.6 is 7.82 Å². The van der Waals surface area contributed by atoms with Crippen molar-refractivity contribution in [3.63, 3.8) is 0 Å². The normalized spacial score (nSPS) is 20.9. The number of nitrogens with zero attached hydrogens (tertiary/aromatic N) is 3. The molecule has 2 unspecified atom stereocenters. The summed E-state index contributed by atoms with van der Waals surface area (Å²) in [5.74, 6) is 1.08. The summed E-state index contributed by atoms with van der Waals surface area (Å²) >= 11 is 0. The Hall–Kier alpha value is -3.80. The van der Waals surface area contributed by atoms with Gasteiger partial charge in [-0.2, -0.15) is 9.13 Å². The van der Waals surface area contributed by atoms with Crippen LogP contribution in [0.2, 0.25) is 0 Å². The summed E-state index contributed by atoms with van der Waals surface area (Å²) in [5.41, 5.74) is -0.759. The van der Waals surface area contributed by atoms with E-state index in [1.807, 2.05) is 6.07 Å². The number of phosphoric acid groups is 1. The fraction of sp³-hybridized carbons (Fsp3) is 0.516. The zero-order valence-corrected chi connectivity index (χ0v) is 28.3. The summed E-state index contributed by atoms with van der Waals surface area (Å²) in [6.45, 7) is 1.66. The molecular formula is C31H43N4O13P+2. The summed E-state index contributed by atoms with van der Waals surface area (Å²) in [7, 11) is -1.55. The third kappa shape index (κ3) is 10.1. The number of aliphatic hydroxyl groups is 3. The maximum atomic E-state index is 12.6. The summed E-state index contributed by atoms with van der Waals surface area (Å²) in [6, 6.07) is 6.63. The lowest BCUT2D eigenvalue weighted by atomic mass is 10.1. The highest BCUT2D eigenvalue weighted by Crippen LogP contribution is 2.47. The summed E-state index contributed by atoms with van der Waals surface area (Å²) < 4.78 is 43.5. The van der Waals surface area contributed by atoms with Crippen molar-refractivity contribution in [3.05, 3.63) is 80.6 Å². The molecule has 0 aliphatic carbocycles. The quantitative estimate of drug-likeness (QED) is 0.0391. The number of hydrogen-bond acceptors (Lipinski definition) is 12.